The Morgan fingerprint density at radius 1 is 1.04 bits per heavy atom. The van der Waals surface area contributed by atoms with Crippen LogP contribution in [-0.2, 0) is 6.54 Å². The molecule has 1 fully saturated rings. The SMILES string of the molecule is CN1CCN(C(=S)c2cn(CCOc3ccc(Cl)cc3)c3ccccc23)CC1. The summed E-state index contributed by atoms with van der Waals surface area (Å²) in [4.78, 5) is 5.61. The Morgan fingerprint density at radius 2 is 1.75 bits per heavy atom. The third kappa shape index (κ3) is 4.17. The van der Waals surface area contributed by atoms with Gasteiger partial charge in [-0.1, -0.05) is 42.0 Å². The van der Waals surface area contributed by atoms with Crippen molar-refractivity contribution >= 4 is 39.7 Å². The van der Waals surface area contributed by atoms with E-state index in [1.54, 1.807) is 0 Å². The van der Waals surface area contributed by atoms with E-state index >= 15 is 0 Å². The Morgan fingerprint density at radius 3 is 2.50 bits per heavy atom. The largest absolute Gasteiger partial charge is 0.492 e. The molecule has 1 aromatic heterocycles. The predicted octanol–water partition coefficient (Wildman–Crippen LogP) is 4.30. The highest BCUT2D eigenvalue weighted by Crippen LogP contribution is 2.24. The summed E-state index contributed by atoms with van der Waals surface area (Å²) >= 11 is 11.8. The van der Waals surface area contributed by atoms with Gasteiger partial charge in [0.25, 0.3) is 0 Å². The Hall–Kier alpha value is -2.08. The van der Waals surface area contributed by atoms with Crippen molar-refractivity contribution < 1.29 is 4.74 Å². The molecule has 3 aromatic rings. The van der Waals surface area contributed by atoms with E-state index in [-0.39, 0.29) is 0 Å². The molecular weight excluding hydrogens is 390 g/mol. The second kappa shape index (κ2) is 8.52. The standard InChI is InChI=1S/C22H24ClN3OS/c1-24-10-12-25(13-11-24)22(28)20-16-26(21-5-3-2-4-19(20)21)14-15-27-18-8-6-17(23)7-9-18/h2-9,16H,10-15H2,1H3. The van der Waals surface area contributed by atoms with E-state index < -0.39 is 0 Å². The van der Waals surface area contributed by atoms with Crippen LogP contribution in [-0.4, -0.2) is 59.2 Å². The lowest BCUT2D eigenvalue weighted by Gasteiger charge is -2.34. The molecule has 28 heavy (non-hydrogen) atoms. The topological polar surface area (TPSA) is 20.6 Å². The number of nitrogens with zero attached hydrogens (tertiary/aromatic N) is 3. The average Bonchev–Trinajstić information content (AvgIpc) is 3.08. The van der Waals surface area contributed by atoms with Gasteiger partial charge in [-0.25, -0.2) is 0 Å². The monoisotopic (exact) mass is 413 g/mol. The fraction of sp³-hybridized carbons (Fsp3) is 0.318. The van der Waals surface area contributed by atoms with E-state index in [0.717, 1.165) is 49.0 Å². The third-order valence-electron chi connectivity index (χ3n) is 5.22. The van der Waals surface area contributed by atoms with Gasteiger partial charge in [-0.2, -0.15) is 0 Å². The molecule has 0 amide bonds. The van der Waals surface area contributed by atoms with Crippen LogP contribution in [0.5, 0.6) is 5.75 Å². The van der Waals surface area contributed by atoms with Crippen LogP contribution in [0.1, 0.15) is 5.56 Å². The first-order chi connectivity index (χ1) is 13.6. The number of hydrogen-bond acceptors (Lipinski definition) is 3. The third-order valence-corrected chi connectivity index (χ3v) is 5.95. The molecule has 1 aliphatic rings. The maximum atomic E-state index is 5.93. The lowest BCUT2D eigenvalue weighted by Crippen LogP contribution is -2.46. The zero-order valence-corrected chi connectivity index (χ0v) is 17.5. The lowest BCUT2D eigenvalue weighted by atomic mass is 10.1. The number of likely N-dealkylation sites (N-methyl/N-ethyl adjacent to an activating group) is 1. The zero-order chi connectivity index (χ0) is 19.5. The number of rotatable bonds is 5. The summed E-state index contributed by atoms with van der Waals surface area (Å²) in [6.07, 6.45) is 2.18. The minimum absolute atomic E-state index is 0.584. The van der Waals surface area contributed by atoms with Gasteiger partial charge in [-0.3, -0.25) is 0 Å². The quantitative estimate of drug-likeness (QED) is 0.581. The van der Waals surface area contributed by atoms with Gasteiger partial charge >= 0.3 is 0 Å². The van der Waals surface area contributed by atoms with Gasteiger partial charge in [0.1, 0.15) is 17.3 Å². The first kappa shape index (κ1) is 19.2. The molecule has 0 aliphatic carbocycles. The molecule has 0 bridgehead atoms. The van der Waals surface area contributed by atoms with Crippen molar-refractivity contribution in [2.24, 2.45) is 0 Å². The summed E-state index contributed by atoms with van der Waals surface area (Å²) in [6.45, 7) is 5.40. The highest BCUT2D eigenvalue weighted by atomic mass is 35.5. The van der Waals surface area contributed by atoms with Crippen LogP contribution in [0.15, 0.2) is 54.7 Å². The number of para-hydroxylation sites is 1. The lowest BCUT2D eigenvalue weighted by molar-refractivity contribution is 0.218. The Balaban J connectivity index is 1.51. The van der Waals surface area contributed by atoms with Gasteiger partial charge < -0.3 is 19.1 Å². The summed E-state index contributed by atoms with van der Waals surface area (Å²) < 4.78 is 8.12. The fourth-order valence-electron chi connectivity index (χ4n) is 3.57. The molecule has 4 nitrogen and oxygen atoms in total. The molecule has 0 unspecified atom stereocenters. The molecule has 1 aliphatic heterocycles. The van der Waals surface area contributed by atoms with Crippen molar-refractivity contribution in [3.63, 3.8) is 0 Å². The number of piperazine rings is 1. The second-order valence-electron chi connectivity index (χ2n) is 7.15. The first-order valence-corrected chi connectivity index (χ1v) is 10.3. The summed E-state index contributed by atoms with van der Waals surface area (Å²) in [7, 11) is 2.16. The molecule has 4 rings (SSSR count). The first-order valence-electron chi connectivity index (χ1n) is 9.56. The number of halogens is 1. The Bertz CT molecular complexity index is 962. The minimum Gasteiger partial charge on any atom is -0.492 e. The van der Waals surface area contributed by atoms with Crippen molar-refractivity contribution in [3.05, 3.63) is 65.3 Å². The Labute approximate surface area is 176 Å². The normalized spacial score (nSPS) is 15.1. The van der Waals surface area contributed by atoms with E-state index in [1.807, 2.05) is 24.3 Å². The molecule has 0 N–H and O–H groups in total. The van der Waals surface area contributed by atoms with Crippen LogP contribution in [0.3, 0.4) is 0 Å². The molecule has 0 radical (unpaired) electrons. The maximum absolute atomic E-state index is 5.93. The van der Waals surface area contributed by atoms with E-state index in [9.17, 15) is 0 Å². The van der Waals surface area contributed by atoms with E-state index in [2.05, 4.69) is 51.9 Å². The van der Waals surface area contributed by atoms with Gasteiger partial charge in [-0.15, -0.1) is 0 Å². The van der Waals surface area contributed by atoms with Crippen molar-refractivity contribution in [2.75, 3.05) is 39.8 Å². The second-order valence-corrected chi connectivity index (χ2v) is 7.97. The number of fused-ring (bicyclic) bond motifs is 1. The van der Waals surface area contributed by atoms with E-state index in [0.29, 0.717) is 11.6 Å². The minimum atomic E-state index is 0.584. The van der Waals surface area contributed by atoms with Crippen LogP contribution in [0.4, 0.5) is 0 Å². The van der Waals surface area contributed by atoms with Gasteiger partial charge in [0.05, 0.1) is 6.54 Å². The van der Waals surface area contributed by atoms with Crippen molar-refractivity contribution in [1.82, 2.24) is 14.4 Å². The van der Waals surface area contributed by atoms with Gasteiger partial charge in [-0.05, 0) is 37.4 Å². The summed E-state index contributed by atoms with van der Waals surface area (Å²) in [5.41, 5.74) is 2.33. The van der Waals surface area contributed by atoms with Crippen LogP contribution >= 0.6 is 23.8 Å². The summed E-state index contributed by atoms with van der Waals surface area (Å²) in [5, 5.41) is 1.92. The zero-order valence-electron chi connectivity index (χ0n) is 16.0. The van der Waals surface area contributed by atoms with Gasteiger partial charge in [0.2, 0.25) is 0 Å². The number of ether oxygens (including phenoxy) is 1. The molecule has 1 saturated heterocycles. The average molecular weight is 414 g/mol. The summed E-state index contributed by atoms with van der Waals surface area (Å²) in [6, 6.07) is 15.9. The molecular formula is C22H24ClN3OS. The van der Waals surface area contributed by atoms with Crippen molar-refractivity contribution in [1.29, 1.82) is 0 Å². The molecule has 2 heterocycles. The fourth-order valence-corrected chi connectivity index (χ4v) is 4.05. The van der Waals surface area contributed by atoms with Gasteiger partial charge in [0.15, 0.2) is 0 Å². The number of hydrogen-bond donors (Lipinski definition) is 0. The molecule has 0 spiro atoms. The molecule has 6 heteroatoms. The van der Waals surface area contributed by atoms with Crippen molar-refractivity contribution in [2.45, 2.75) is 6.54 Å². The molecule has 0 atom stereocenters. The smallest absolute Gasteiger partial charge is 0.119 e. The highest BCUT2D eigenvalue weighted by molar-refractivity contribution is 7.80. The molecule has 2 aromatic carbocycles. The number of aromatic nitrogens is 1. The van der Waals surface area contributed by atoms with Crippen LogP contribution in [0.2, 0.25) is 5.02 Å². The molecule has 0 saturated carbocycles. The van der Waals surface area contributed by atoms with Crippen LogP contribution in [0, 0.1) is 0 Å². The van der Waals surface area contributed by atoms with E-state index in [4.69, 9.17) is 28.6 Å². The number of thiocarbonyl (C=S) groups is 1. The highest BCUT2D eigenvalue weighted by Gasteiger charge is 2.20. The predicted molar refractivity (Wildman–Crippen MR) is 120 cm³/mol. The molecule has 146 valence electrons. The maximum Gasteiger partial charge on any atom is 0.119 e. The van der Waals surface area contributed by atoms with Crippen LogP contribution in [0.25, 0.3) is 10.9 Å². The van der Waals surface area contributed by atoms with Crippen LogP contribution < -0.4 is 4.74 Å². The number of benzene rings is 2. The van der Waals surface area contributed by atoms with Crippen molar-refractivity contribution in [3.8, 4) is 5.75 Å². The Kier molecular flexibility index (Phi) is 5.85. The van der Waals surface area contributed by atoms with Gasteiger partial charge in [0, 0.05) is 53.9 Å². The summed E-state index contributed by atoms with van der Waals surface area (Å²) in [5.74, 6) is 0.828. The van der Waals surface area contributed by atoms with E-state index in [1.165, 1.54) is 10.9 Å².